The number of aliphatic hydroxyl groups is 1. The molecule has 0 heterocycles. The van der Waals surface area contributed by atoms with Gasteiger partial charge in [0.1, 0.15) is 5.82 Å². The predicted molar refractivity (Wildman–Crippen MR) is 92.0 cm³/mol. The highest BCUT2D eigenvalue weighted by Gasteiger charge is 2.21. The molecule has 0 radical (unpaired) electrons. The van der Waals surface area contributed by atoms with Crippen molar-refractivity contribution in [1.29, 1.82) is 0 Å². The van der Waals surface area contributed by atoms with Crippen molar-refractivity contribution in [3.63, 3.8) is 0 Å². The van der Waals surface area contributed by atoms with E-state index in [-0.39, 0.29) is 47.4 Å². The van der Waals surface area contributed by atoms with Crippen LogP contribution in [0.2, 0.25) is 5.02 Å². The highest BCUT2D eigenvalue weighted by Crippen LogP contribution is 2.32. The van der Waals surface area contributed by atoms with E-state index in [9.17, 15) is 14.3 Å². The quantitative estimate of drug-likeness (QED) is 0.737. The minimum Gasteiger partial charge on any atom is -0.450 e. The predicted octanol–water partition coefficient (Wildman–Crippen LogP) is 3.89. The van der Waals surface area contributed by atoms with Crippen LogP contribution in [0.25, 0.3) is 0 Å². The fraction of sp³-hybridized carbons (Fsp3) is 0.533. The van der Waals surface area contributed by atoms with Crippen LogP contribution in [0.4, 0.5) is 14.9 Å². The Kier molecular flexibility index (Phi) is 8.84. The van der Waals surface area contributed by atoms with Crippen LogP contribution in [0.5, 0.6) is 0 Å². The minimum absolute atomic E-state index is 0. The SMILES string of the molecule is CCOC(=O)Nc1c(Cl)cc(F)cc1C(O)CNC(C)(C)C.Cl. The Morgan fingerprint density at radius 2 is 2.04 bits per heavy atom. The normalized spacial score (nSPS) is 12.3. The van der Waals surface area contributed by atoms with E-state index in [2.05, 4.69) is 10.6 Å². The molecule has 0 saturated heterocycles. The lowest BCUT2D eigenvalue weighted by atomic mass is 10.0. The Hall–Kier alpha value is -1.08. The van der Waals surface area contributed by atoms with Gasteiger partial charge in [-0.3, -0.25) is 5.32 Å². The molecule has 0 aliphatic rings. The summed E-state index contributed by atoms with van der Waals surface area (Å²) < 4.78 is 18.3. The monoisotopic (exact) mass is 368 g/mol. The topological polar surface area (TPSA) is 70.6 Å². The number of nitrogens with one attached hydrogen (secondary N) is 2. The molecular formula is C15H23Cl2FN2O3. The molecule has 3 N–H and O–H groups in total. The number of ether oxygens (including phenoxy) is 1. The van der Waals surface area contributed by atoms with Gasteiger partial charge in [0, 0.05) is 17.6 Å². The largest absolute Gasteiger partial charge is 0.450 e. The van der Waals surface area contributed by atoms with Crippen LogP contribution in [0, 0.1) is 5.82 Å². The number of hydrogen-bond donors (Lipinski definition) is 3. The first kappa shape index (κ1) is 21.9. The highest BCUT2D eigenvalue weighted by atomic mass is 35.5. The number of anilines is 1. The molecule has 5 nitrogen and oxygen atoms in total. The van der Waals surface area contributed by atoms with Crippen LogP contribution in [0.3, 0.4) is 0 Å². The van der Waals surface area contributed by atoms with Crippen LogP contribution < -0.4 is 10.6 Å². The van der Waals surface area contributed by atoms with Crippen molar-refractivity contribution in [3.05, 3.63) is 28.5 Å². The zero-order valence-electron chi connectivity index (χ0n) is 13.6. The molecule has 0 bridgehead atoms. The van der Waals surface area contributed by atoms with Gasteiger partial charge in [0.2, 0.25) is 0 Å². The lowest BCUT2D eigenvalue weighted by molar-refractivity contribution is 0.162. The van der Waals surface area contributed by atoms with Crippen LogP contribution in [-0.2, 0) is 4.74 Å². The molecule has 1 aromatic rings. The van der Waals surface area contributed by atoms with Gasteiger partial charge in [-0.15, -0.1) is 12.4 Å². The average molecular weight is 369 g/mol. The van der Waals surface area contributed by atoms with Gasteiger partial charge in [-0.25, -0.2) is 9.18 Å². The molecule has 0 saturated carbocycles. The maximum absolute atomic E-state index is 13.6. The van der Waals surface area contributed by atoms with E-state index in [1.54, 1.807) is 6.92 Å². The molecule has 0 aliphatic heterocycles. The number of hydrogen-bond acceptors (Lipinski definition) is 4. The Labute approximate surface area is 147 Å². The van der Waals surface area contributed by atoms with Crippen molar-refractivity contribution < 1.29 is 19.0 Å². The Morgan fingerprint density at radius 3 is 2.57 bits per heavy atom. The molecule has 1 unspecified atom stereocenters. The summed E-state index contributed by atoms with van der Waals surface area (Å²) in [6.45, 7) is 7.85. The van der Waals surface area contributed by atoms with Crippen LogP contribution >= 0.6 is 24.0 Å². The summed E-state index contributed by atoms with van der Waals surface area (Å²) in [5, 5.41) is 15.8. The summed E-state index contributed by atoms with van der Waals surface area (Å²) in [5.74, 6) is -0.593. The van der Waals surface area contributed by atoms with Gasteiger partial charge >= 0.3 is 6.09 Å². The maximum Gasteiger partial charge on any atom is 0.411 e. The number of rotatable bonds is 5. The second-order valence-corrected chi connectivity index (χ2v) is 6.25. The van der Waals surface area contributed by atoms with E-state index < -0.39 is 18.0 Å². The summed E-state index contributed by atoms with van der Waals surface area (Å²) in [5.41, 5.74) is 0.117. The molecule has 0 fully saturated rings. The summed E-state index contributed by atoms with van der Waals surface area (Å²) in [7, 11) is 0. The number of amides is 1. The molecule has 8 heteroatoms. The van der Waals surface area contributed by atoms with Gasteiger partial charge < -0.3 is 15.2 Å². The third kappa shape index (κ3) is 7.35. The molecule has 1 amide bonds. The fourth-order valence-electron chi connectivity index (χ4n) is 1.77. The molecular weight excluding hydrogens is 346 g/mol. The second kappa shape index (κ2) is 9.27. The number of benzene rings is 1. The van der Waals surface area contributed by atoms with E-state index >= 15 is 0 Å². The molecule has 0 spiro atoms. The second-order valence-electron chi connectivity index (χ2n) is 5.84. The molecule has 23 heavy (non-hydrogen) atoms. The summed E-state index contributed by atoms with van der Waals surface area (Å²) in [6.07, 6.45) is -1.75. The summed E-state index contributed by atoms with van der Waals surface area (Å²) >= 11 is 5.97. The number of carbonyl (C=O) groups excluding carboxylic acids is 1. The maximum atomic E-state index is 13.6. The third-order valence-electron chi connectivity index (χ3n) is 2.77. The smallest absolute Gasteiger partial charge is 0.411 e. The first-order chi connectivity index (χ1) is 10.1. The fourth-order valence-corrected chi connectivity index (χ4v) is 2.03. The Bertz CT molecular complexity index is 536. The van der Waals surface area contributed by atoms with E-state index in [1.807, 2.05) is 20.8 Å². The zero-order valence-corrected chi connectivity index (χ0v) is 15.1. The summed E-state index contributed by atoms with van der Waals surface area (Å²) in [4.78, 5) is 11.6. The van der Waals surface area contributed by atoms with Gasteiger partial charge in [-0.2, -0.15) is 0 Å². The van der Waals surface area contributed by atoms with E-state index in [1.165, 1.54) is 0 Å². The van der Waals surface area contributed by atoms with Crippen LogP contribution in [-0.4, -0.2) is 29.9 Å². The van der Waals surface area contributed by atoms with Crippen molar-refractivity contribution in [2.24, 2.45) is 0 Å². The van der Waals surface area contributed by atoms with E-state index in [0.717, 1.165) is 12.1 Å². The first-order valence-electron chi connectivity index (χ1n) is 7.00. The third-order valence-corrected chi connectivity index (χ3v) is 3.07. The molecule has 0 aromatic heterocycles. The van der Waals surface area contributed by atoms with Crippen molar-refractivity contribution in [2.45, 2.75) is 39.3 Å². The first-order valence-corrected chi connectivity index (χ1v) is 7.37. The molecule has 132 valence electrons. The highest BCUT2D eigenvalue weighted by molar-refractivity contribution is 6.33. The van der Waals surface area contributed by atoms with Crippen molar-refractivity contribution >= 4 is 35.8 Å². The molecule has 1 atom stereocenters. The average Bonchev–Trinajstić information content (AvgIpc) is 2.38. The number of β-amino-alcohol motifs (C(OH)–C–C–N with tert-alkyl or cyclic N) is 1. The van der Waals surface area contributed by atoms with Gasteiger partial charge in [0.05, 0.1) is 23.4 Å². The number of aliphatic hydroxyl groups excluding tert-OH is 1. The summed E-state index contributed by atoms with van der Waals surface area (Å²) in [6, 6.07) is 2.21. The van der Waals surface area contributed by atoms with Crippen molar-refractivity contribution in [3.8, 4) is 0 Å². The van der Waals surface area contributed by atoms with Crippen LogP contribution in [0.1, 0.15) is 39.4 Å². The lowest BCUT2D eigenvalue weighted by Crippen LogP contribution is -2.38. The number of halogens is 3. The minimum atomic E-state index is -1.04. The van der Waals surface area contributed by atoms with E-state index in [0.29, 0.717) is 0 Å². The van der Waals surface area contributed by atoms with Crippen LogP contribution in [0.15, 0.2) is 12.1 Å². The van der Waals surface area contributed by atoms with Crippen molar-refractivity contribution in [1.82, 2.24) is 5.32 Å². The van der Waals surface area contributed by atoms with Gasteiger partial charge in [-0.1, -0.05) is 11.6 Å². The zero-order chi connectivity index (χ0) is 16.9. The van der Waals surface area contributed by atoms with Gasteiger partial charge in [-0.05, 0) is 39.8 Å². The molecule has 1 aromatic carbocycles. The Balaban J connectivity index is 0.00000484. The van der Waals surface area contributed by atoms with Gasteiger partial charge in [0.15, 0.2) is 0 Å². The standard InChI is InChI=1S/C15H22ClFN2O3.ClH/c1-5-22-14(21)19-13-10(6-9(17)7-11(13)16)12(20)8-18-15(2,3)4;/h6-7,12,18,20H,5,8H2,1-4H3,(H,19,21);1H. The molecule has 1 rings (SSSR count). The lowest BCUT2D eigenvalue weighted by Gasteiger charge is -2.24. The van der Waals surface area contributed by atoms with E-state index in [4.69, 9.17) is 16.3 Å². The van der Waals surface area contributed by atoms with Gasteiger partial charge in [0.25, 0.3) is 0 Å². The Morgan fingerprint density at radius 1 is 1.43 bits per heavy atom. The number of carbonyl (C=O) groups is 1. The molecule has 0 aliphatic carbocycles. The van der Waals surface area contributed by atoms with Crippen molar-refractivity contribution in [2.75, 3.05) is 18.5 Å².